The molecule has 0 aliphatic heterocycles. The normalized spacial score (nSPS) is 10.6. The third-order valence-electron chi connectivity index (χ3n) is 3.88. The summed E-state index contributed by atoms with van der Waals surface area (Å²) in [6.07, 6.45) is 0.290. The summed E-state index contributed by atoms with van der Waals surface area (Å²) in [7, 11) is 0. The predicted molar refractivity (Wildman–Crippen MR) is 114 cm³/mol. The van der Waals surface area contributed by atoms with Gasteiger partial charge in [-0.3, -0.25) is 9.59 Å². The molecular formula is C19H18BrN5O2S. The Morgan fingerprint density at radius 1 is 1.18 bits per heavy atom. The number of carbonyl (C=O) groups is 2. The number of halogens is 1. The Morgan fingerprint density at radius 2 is 1.93 bits per heavy atom. The van der Waals surface area contributed by atoms with E-state index in [1.54, 1.807) is 24.3 Å². The first-order chi connectivity index (χ1) is 13.4. The van der Waals surface area contributed by atoms with Crippen molar-refractivity contribution in [2.45, 2.75) is 18.5 Å². The van der Waals surface area contributed by atoms with Crippen molar-refractivity contribution >= 4 is 45.1 Å². The molecule has 1 aromatic heterocycles. The number of benzene rings is 2. The number of amides is 1. The second-order valence-electron chi connectivity index (χ2n) is 5.97. The SMILES string of the molecule is CC(=O)c1ccc(NC(=O)CCSc2nnc(-c3cccc(Br)c3)n2N)cc1. The van der Waals surface area contributed by atoms with Crippen LogP contribution in [0.3, 0.4) is 0 Å². The fourth-order valence-corrected chi connectivity index (χ4v) is 3.64. The number of aromatic nitrogens is 3. The number of thioether (sulfide) groups is 1. The standard InChI is InChI=1S/C19H18BrN5O2S/c1-12(26)13-5-7-16(8-6-13)22-17(27)9-10-28-19-24-23-18(25(19)21)14-3-2-4-15(20)11-14/h2-8,11H,9-10,21H2,1H3,(H,22,27). The van der Waals surface area contributed by atoms with Crippen LogP contribution in [0.2, 0.25) is 0 Å². The second-order valence-corrected chi connectivity index (χ2v) is 7.94. The van der Waals surface area contributed by atoms with Crippen LogP contribution in [-0.2, 0) is 4.79 Å². The fourth-order valence-electron chi connectivity index (χ4n) is 2.45. The van der Waals surface area contributed by atoms with Crippen LogP contribution in [-0.4, -0.2) is 32.3 Å². The molecule has 7 nitrogen and oxygen atoms in total. The van der Waals surface area contributed by atoms with Crippen LogP contribution in [0.15, 0.2) is 58.2 Å². The summed E-state index contributed by atoms with van der Waals surface area (Å²) < 4.78 is 2.35. The van der Waals surface area contributed by atoms with E-state index in [0.29, 0.717) is 28.0 Å². The minimum atomic E-state index is -0.127. The minimum absolute atomic E-state index is 0.0117. The second kappa shape index (κ2) is 9.03. The summed E-state index contributed by atoms with van der Waals surface area (Å²) in [5, 5.41) is 11.6. The molecule has 0 aliphatic carbocycles. The predicted octanol–water partition coefficient (Wildman–Crippen LogP) is 3.74. The highest BCUT2D eigenvalue weighted by Gasteiger charge is 2.13. The van der Waals surface area contributed by atoms with Crippen LogP contribution in [0.1, 0.15) is 23.7 Å². The van der Waals surface area contributed by atoms with Crippen LogP contribution < -0.4 is 11.2 Å². The minimum Gasteiger partial charge on any atom is -0.335 e. The average Bonchev–Trinajstić information content (AvgIpc) is 3.03. The van der Waals surface area contributed by atoms with Gasteiger partial charge >= 0.3 is 0 Å². The van der Waals surface area contributed by atoms with E-state index in [-0.39, 0.29) is 18.1 Å². The maximum atomic E-state index is 12.1. The molecule has 3 aromatic rings. The highest BCUT2D eigenvalue weighted by atomic mass is 79.9. The van der Waals surface area contributed by atoms with Gasteiger partial charge in [0.05, 0.1) is 0 Å². The Labute approximate surface area is 174 Å². The van der Waals surface area contributed by atoms with E-state index < -0.39 is 0 Å². The van der Waals surface area contributed by atoms with E-state index in [0.717, 1.165) is 10.0 Å². The first kappa shape index (κ1) is 20.1. The lowest BCUT2D eigenvalue weighted by atomic mass is 10.1. The molecule has 9 heteroatoms. The van der Waals surface area contributed by atoms with Crippen molar-refractivity contribution in [3.8, 4) is 11.4 Å². The summed E-state index contributed by atoms with van der Waals surface area (Å²) in [5.74, 6) is 7.01. The van der Waals surface area contributed by atoms with E-state index in [9.17, 15) is 9.59 Å². The summed E-state index contributed by atoms with van der Waals surface area (Å²) in [5.41, 5.74) is 2.11. The Hall–Kier alpha value is -2.65. The lowest BCUT2D eigenvalue weighted by molar-refractivity contribution is -0.115. The van der Waals surface area contributed by atoms with Crippen LogP contribution >= 0.6 is 27.7 Å². The molecule has 2 aromatic carbocycles. The molecule has 3 rings (SSSR count). The number of ketones is 1. The number of nitrogens with one attached hydrogen (secondary N) is 1. The summed E-state index contributed by atoms with van der Waals surface area (Å²) in [6, 6.07) is 14.4. The Balaban J connectivity index is 1.53. The van der Waals surface area contributed by atoms with Gasteiger partial charge in [-0.1, -0.05) is 39.8 Å². The molecule has 28 heavy (non-hydrogen) atoms. The van der Waals surface area contributed by atoms with Crippen LogP contribution in [0.5, 0.6) is 0 Å². The smallest absolute Gasteiger partial charge is 0.225 e. The van der Waals surface area contributed by atoms with Gasteiger partial charge < -0.3 is 11.2 Å². The van der Waals surface area contributed by atoms with Gasteiger partial charge in [0.25, 0.3) is 0 Å². The number of nitrogens with zero attached hydrogens (tertiary/aromatic N) is 3. The highest BCUT2D eigenvalue weighted by Crippen LogP contribution is 2.24. The quantitative estimate of drug-likeness (QED) is 0.316. The fraction of sp³-hybridized carbons (Fsp3) is 0.158. The number of carbonyl (C=O) groups excluding carboxylic acids is 2. The molecule has 3 N–H and O–H groups in total. The van der Waals surface area contributed by atoms with Gasteiger partial charge in [0, 0.05) is 33.5 Å². The van der Waals surface area contributed by atoms with Crippen molar-refractivity contribution in [3.63, 3.8) is 0 Å². The van der Waals surface area contributed by atoms with Crippen molar-refractivity contribution in [1.29, 1.82) is 0 Å². The van der Waals surface area contributed by atoms with Crippen molar-refractivity contribution in [2.75, 3.05) is 16.9 Å². The molecule has 0 spiro atoms. The summed E-state index contributed by atoms with van der Waals surface area (Å²) >= 11 is 4.78. The summed E-state index contributed by atoms with van der Waals surface area (Å²) in [4.78, 5) is 23.4. The molecular weight excluding hydrogens is 442 g/mol. The molecule has 144 valence electrons. The van der Waals surface area contributed by atoms with E-state index in [2.05, 4.69) is 31.4 Å². The highest BCUT2D eigenvalue weighted by molar-refractivity contribution is 9.10. The molecule has 0 saturated carbocycles. The lowest BCUT2D eigenvalue weighted by Gasteiger charge is -2.06. The number of nitrogen functional groups attached to an aromatic ring is 1. The van der Waals surface area contributed by atoms with Gasteiger partial charge in [-0.25, -0.2) is 4.68 Å². The van der Waals surface area contributed by atoms with Crippen LogP contribution in [0.4, 0.5) is 5.69 Å². The summed E-state index contributed by atoms with van der Waals surface area (Å²) in [6.45, 7) is 1.50. The maximum Gasteiger partial charge on any atom is 0.225 e. The zero-order valence-corrected chi connectivity index (χ0v) is 17.5. The van der Waals surface area contributed by atoms with Gasteiger partial charge in [-0.05, 0) is 43.3 Å². The number of Topliss-reactive ketones (excluding diaryl/α,β-unsaturated/α-hetero) is 1. The van der Waals surface area contributed by atoms with Gasteiger partial charge in [-0.2, -0.15) is 0 Å². The third kappa shape index (κ3) is 4.99. The van der Waals surface area contributed by atoms with Crippen LogP contribution in [0, 0.1) is 0 Å². The molecule has 0 fully saturated rings. The molecule has 0 aliphatic rings. The first-order valence-electron chi connectivity index (χ1n) is 8.44. The number of rotatable bonds is 7. The molecule has 0 unspecified atom stereocenters. The van der Waals surface area contributed by atoms with Crippen molar-refractivity contribution in [3.05, 3.63) is 58.6 Å². The third-order valence-corrected chi connectivity index (χ3v) is 5.32. The number of hydrogen-bond donors (Lipinski definition) is 2. The topological polar surface area (TPSA) is 103 Å². The molecule has 0 atom stereocenters. The molecule has 1 amide bonds. The Kier molecular flexibility index (Phi) is 6.48. The molecule has 0 saturated heterocycles. The van der Waals surface area contributed by atoms with E-state index in [4.69, 9.17) is 5.84 Å². The van der Waals surface area contributed by atoms with E-state index in [1.165, 1.54) is 23.4 Å². The van der Waals surface area contributed by atoms with Crippen molar-refractivity contribution in [2.24, 2.45) is 0 Å². The lowest BCUT2D eigenvalue weighted by Crippen LogP contribution is -2.14. The molecule has 1 heterocycles. The number of anilines is 1. The van der Waals surface area contributed by atoms with Crippen molar-refractivity contribution in [1.82, 2.24) is 14.9 Å². The average molecular weight is 460 g/mol. The number of nitrogens with two attached hydrogens (primary N) is 1. The van der Waals surface area contributed by atoms with Gasteiger partial charge in [0.15, 0.2) is 11.6 Å². The molecule has 0 bridgehead atoms. The van der Waals surface area contributed by atoms with Gasteiger partial charge in [0.2, 0.25) is 11.1 Å². The largest absolute Gasteiger partial charge is 0.335 e. The van der Waals surface area contributed by atoms with E-state index >= 15 is 0 Å². The molecule has 0 radical (unpaired) electrons. The monoisotopic (exact) mass is 459 g/mol. The number of hydrogen-bond acceptors (Lipinski definition) is 6. The van der Waals surface area contributed by atoms with Crippen molar-refractivity contribution < 1.29 is 9.59 Å². The Morgan fingerprint density at radius 3 is 2.61 bits per heavy atom. The first-order valence-corrected chi connectivity index (χ1v) is 10.2. The Bertz CT molecular complexity index is 1000. The van der Waals surface area contributed by atoms with Gasteiger partial charge in [-0.15, -0.1) is 10.2 Å². The van der Waals surface area contributed by atoms with Crippen LogP contribution in [0.25, 0.3) is 11.4 Å². The van der Waals surface area contributed by atoms with Gasteiger partial charge in [0.1, 0.15) is 0 Å². The zero-order chi connectivity index (χ0) is 20.1. The van der Waals surface area contributed by atoms with E-state index in [1.807, 2.05) is 24.3 Å². The zero-order valence-electron chi connectivity index (χ0n) is 15.1. The maximum absolute atomic E-state index is 12.1.